The van der Waals surface area contributed by atoms with Gasteiger partial charge in [-0.25, -0.2) is 4.79 Å². The SMILES string of the molecule is CC(C)(C)OC(=O)N1[C@@H]([C@H](/C=C\COS(C)(=O)=O)OCc2ccccc2)OC[C@H]1c1ccccc1. The summed E-state index contributed by atoms with van der Waals surface area (Å²) >= 11 is 0. The number of benzene rings is 2. The third-order valence-corrected chi connectivity index (χ3v) is 5.66. The van der Waals surface area contributed by atoms with Gasteiger partial charge in [-0.3, -0.25) is 9.08 Å². The quantitative estimate of drug-likeness (QED) is 0.369. The van der Waals surface area contributed by atoms with E-state index in [0.717, 1.165) is 17.4 Å². The predicted molar refractivity (Wildman–Crippen MR) is 132 cm³/mol. The molecule has 9 heteroatoms. The van der Waals surface area contributed by atoms with Crippen LogP contribution in [0, 0.1) is 0 Å². The predicted octanol–water partition coefficient (Wildman–Crippen LogP) is 4.44. The van der Waals surface area contributed by atoms with Crippen LogP contribution in [0.1, 0.15) is 37.9 Å². The summed E-state index contributed by atoms with van der Waals surface area (Å²) in [6.45, 7) is 5.78. The van der Waals surface area contributed by atoms with Crippen molar-refractivity contribution in [3.05, 3.63) is 83.9 Å². The van der Waals surface area contributed by atoms with Gasteiger partial charge in [0.25, 0.3) is 10.1 Å². The molecule has 1 fully saturated rings. The summed E-state index contributed by atoms with van der Waals surface area (Å²) in [6, 6.07) is 18.8. The molecule has 0 aliphatic carbocycles. The molecule has 35 heavy (non-hydrogen) atoms. The van der Waals surface area contributed by atoms with E-state index in [1.807, 2.05) is 60.7 Å². The second-order valence-electron chi connectivity index (χ2n) is 9.22. The molecule has 8 nitrogen and oxygen atoms in total. The zero-order chi connectivity index (χ0) is 25.5. The lowest BCUT2D eigenvalue weighted by molar-refractivity contribution is -0.0840. The Morgan fingerprint density at radius 1 is 1.11 bits per heavy atom. The van der Waals surface area contributed by atoms with Crippen LogP contribution in [-0.2, 0) is 35.1 Å². The van der Waals surface area contributed by atoms with Crippen LogP contribution >= 0.6 is 0 Å². The van der Waals surface area contributed by atoms with Crippen molar-refractivity contribution in [2.24, 2.45) is 0 Å². The van der Waals surface area contributed by atoms with Gasteiger partial charge < -0.3 is 14.2 Å². The van der Waals surface area contributed by atoms with E-state index in [2.05, 4.69) is 0 Å². The molecular formula is C26H33NO7S. The largest absolute Gasteiger partial charge is 0.444 e. The van der Waals surface area contributed by atoms with E-state index in [-0.39, 0.29) is 25.9 Å². The number of ether oxygens (including phenoxy) is 3. The Labute approximate surface area is 207 Å². The zero-order valence-corrected chi connectivity index (χ0v) is 21.3. The summed E-state index contributed by atoms with van der Waals surface area (Å²) in [4.78, 5) is 14.9. The molecule has 3 rings (SSSR count). The molecule has 1 heterocycles. The Morgan fingerprint density at radius 2 is 1.74 bits per heavy atom. The molecular weight excluding hydrogens is 470 g/mol. The monoisotopic (exact) mass is 503 g/mol. The number of rotatable bonds is 9. The minimum absolute atomic E-state index is 0.161. The van der Waals surface area contributed by atoms with Crippen molar-refractivity contribution in [3.8, 4) is 0 Å². The number of amides is 1. The number of hydrogen-bond acceptors (Lipinski definition) is 7. The van der Waals surface area contributed by atoms with Gasteiger partial charge >= 0.3 is 6.09 Å². The highest BCUT2D eigenvalue weighted by Gasteiger charge is 2.44. The Hall–Kier alpha value is -2.72. The summed E-state index contributed by atoms with van der Waals surface area (Å²) in [7, 11) is -3.59. The van der Waals surface area contributed by atoms with E-state index in [1.165, 1.54) is 0 Å². The number of hydrogen-bond donors (Lipinski definition) is 0. The van der Waals surface area contributed by atoms with E-state index in [9.17, 15) is 13.2 Å². The van der Waals surface area contributed by atoms with Crippen LogP contribution in [0.5, 0.6) is 0 Å². The molecule has 2 aromatic rings. The molecule has 0 aromatic heterocycles. The average Bonchev–Trinajstić information content (AvgIpc) is 3.23. The Balaban J connectivity index is 1.88. The van der Waals surface area contributed by atoms with Gasteiger partial charge in [0.2, 0.25) is 0 Å². The van der Waals surface area contributed by atoms with Gasteiger partial charge in [0.05, 0.1) is 32.1 Å². The molecule has 0 unspecified atom stereocenters. The lowest BCUT2D eigenvalue weighted by Crippen LogP contribution is -2.47. The van der Waals surface area contributed by atoms with Gasteiger partial charge in [-0.05, 0) is 31.9 Å². The van der Waals surface area contributed by atoms with Gasteiger partial charge in [-0.1, -0.05) is 72.8 Å². The zero-order valence-electron chi connectivity index (χ0n) is 20.5. The normalized spacial score (nSPS) is 19.7. The lowest BCUT2D eigenvalue weighted by Gasteiger charge is -2.33. The van der Waals surface area contributed by atoms with Crippen molar-refractivity contribution in [1.82, 2.24) is 4.90 Å². The standard InChI is InChI=1S/C26H33NO7S/c1-26(2,3)34-25(28)27-22(21-14-9-6-10-15-21)19-32-24(27)23(16-11-17-33-35(4,29)30)31-18-20-12-7-5-8-13-20/h5-16,22-24H,17-19H2,1-4H3/b16-11-/t22-,23-,24+/m0/s1. The Bertz CT molecular complexity index is 1080. The van der Waals surface area contributed by atoms with Gasteiger partial charge in [0.1, 0.15) is 11.7 Å². The van der Waals surface area contributed by atoms with E-state index < -0.39 is 34.1 Å². The smallest absolute Gasteiger partial charge is 0.413 e. The van der Waals surface area contributed by atoms with E-state index in [0.29, 0.717) is 0 Å². The van der Waals surface area contributed by atoms with E-state index >= 15 is 0 Å². The summed E-state index contributed by atoms with van der Waals surface area (Å²) in [5.41, 5.74) is 1.15. The molecule has 1 aliphatic heterocycles. The minimum atomic E-state index is -3.59. The number of carbonyl (C=O) groups is 1. The van der Waals surface area contributed by atoms with Crippen molar-refractivity contribution in [3.63, 3.8) is 0 Å². The third kappa shape index (κ3) is 8.47. The van der Waals surface area contributed by atoms with Crippen LogP contribution in [0.25, 0.3) is 0 Å². The molecule has 0 bridgehead atoms. The molecule has 0 radical (unpaired) electrons. The van der Waals surface area contributed by atoms with Gasteiger partial charge in [-0.2, -0.15) is 8.42 Å². The topological polar surface area (TPSA) is 91.4 Å². The van der Waals surface area contributed by atoms with Crippen LogP contribution < -0.4 is 0 Å². The van der Waals surface area contributed by atoms with Gasteiger partial charge in [0, 0.05) is 0 Å². The minimum Gasteiger partial charge on any atom is -0.444 e. The first-order valence-electron chi connectivity index (χ1n) is 11.4. The second kappa shape index (κ2) is 11.8. The summed E-state index contributed by atoms with van der Waals surface area (Å²) in [5.74, 6) is 0. The fourth-order valence-corrected chi connectivity index (χ4v) is 3.94. The molecule has 0 saturated carbocycles. The van der Waals surface area contributed by atoms with Crippen LogP contribution in [0.3, 0.4) is 0 Å². The maximum Gasteiger partial charge on any atom is 0.413 e. The van der Waals surface area contributed by atoms with Crippen molar-refractivity contribution >= 4 is 16.2 Å². The average molecular weight is 504 g/mol. The summed E-state index contributed by atoms with van der Waals surface area (Å²) in [5, 5.41) is 0. The van der Waals surface area contributed by atoms with Crippen LogP contribution in [0.2, 0.25) is 0 Å². The number of nitrogens with zero attached hydrogens (tertiary/aromatic N) is 1. The molecule has 1 aliphatic rings. The van der Waals surface area contributed by atoms with Gasteiger partial charge in [0.15, 0.2) is 6.23 Å². The molecule has 0 spiro atoms. The first kappa shape index (κ1) is 26.9. The van der Waals surface area contributed by atoms with Gasteiger partial charge in [-0.15, -0.1) is 0 Å². The third-order valence-electron chi connectivity index (χ3n) is 5.09. The Kier molecular flexibility index (Phi) is 9.07. The highest BCUT2D eigenvalue weighted by Crippen LogP contribution is 2.34. The molecule has 3 atom stereocenters. The van der Waals surface area contributed by atoms with Crippen LogP contribution in [-0.4, -0.2) is 56.8 Å². The maximum absolute atomic E-state index is 13.3. The summed E-state index contributed by atoms with van der Waals surface area (Å²) in [6.07, 6.45) is 2.15. The molecule has 1 saturated heterocycles. The van der Waals surface area contributed by atoms with Crippen molar-refractivity contribution < 1.29 is 31.6 Å². The van der Waals surface area contributed by atoms with Crippen LogP contribution in [0.4, 0.5) is 4.79 Å². The molecule has 190 valence electrons. The Morgan fingerprint density at radius 3 is 2.34 bits per heavy atom. The van der Waals surface area contributed by atoms with E-state index in [1.54, 1.807) is 37.8 Å². The van der Waals surface area contributed by atoms with E-state index in [4.69, 9.17) is 18.4 Å². The molecule has 0 N–H and O–H groups in total. The maximum atomic E-state index is 13.3. The highest BCUT2D eigenvalue weighted by atomic mass is 32.2. The number of carbonyl (C=O) groups excluding carboxylic acids is 1. The first-order valence-corrected chi connectivity index (χ1v) is 13.2. The molecule has 1 amide bonds. The van der Waals surface area contributed by atoms with Crippen molar-refractivity contribution in [2.75, 3.05) is 19.5 Å². The second-order valence-corrected chi connectivity index (χ2v) is 10.9. The highest BCUT2D eigenvalue weighted by molar-refractivity contribution is 7.85. The van der Waals surface area contributed by atoms with Crippen molar-refractivity contribution in [2.45, 2.75) is 51.4 Å². The fraction of sp³-hybridized carbons (Fsp3) is 0.423. The summed E-state index contributed by atoms with van der Waals surface area (Å²) < 4.78 is 45.5. The van der Waals surface area contributed by atoms with Crippen molar-refractivity contribution in [1.29, 1.82) is 0 Å². The van der Waals surface area contributed by atoms with Crippen LogP contribution in [0.15, 0.2) is 72.8 Å². The fourth-order valence-electron chi connectivity index (χ4n) is 3.61. The molecule has 2 aromatic carbocycles. The first-order chi connectivity index (χ1) is 16.5. The lowest BCUT2D eigenvalue weighted by atomic mass is 10.1.